The lowest BCUT2D eigenvalue weighted by Crippen LogP contribution is -1.97. The second kappa shape index (κ2) is 5.19. The molecule has 0 spiro atoms. The number of aromatic amines is 1. The van der Waals surface area contributed by atoms with Gasteiger partial charge in [0.2, 0.25) is 0 Å². The number of rotatable bonds is 4. The predicted molar refractivity (Wildman–Crippen MR) is 81.7 cm³/mol. The molecule has 19 heavy (non-hydrogen) atoms. The second-order valence-corrected chi connectivity index (χ2v) is 4.77. The van der Waals surface area contributed by atoms with E-state index in [0.29, 0.717) is 0 Å². The van der Waals surface area contributed by atoms with E-state index in [1.165, 1.54) is 27.7 Å². The monoisotopic (exact) mass is 250 g/mol. The third kappa shape index (κ3) is 2.34. The molecule has 2 aromatic carbocycles. The molecule has 2 N–H and O–H groups in total. The number of aromatic nitrogens is 1. The molecular weight excluding hydrogens is 232 g/mol. The molecule has 0 saturated carbocycles. The number of benzene rings is 2. The van der Waals surface area contributed by atoms with Gasteiger partial charge in [-0.1, -0.05) is 36.4 Å². The Balaban J connectivity index is 1.82. The van der Waals surface area contributed by atoms with Gasteiger partial charge >= 0.3 is 0 Å². The van der Waals surface area contributed by atoms with Crippen molar-refractivity contribution in [2.75, 3.05) is 12.4 Å². The summed E-state index contributed by atoms with van der Waals surface area (Å²) in [6.45, 7) is 0. The molecule has 1 aromatic heterocycles. The van der Waals surface area contributed by atoms with Crippen LogP contribution in [0, 0.1) is 0 Å². The molecule has 0 amide bonds. The van der Waals surface area contributed by atoms with E-state index in [-0.39, 0.29) is 0 Å². The molecule has 2 heteroatoms. The lowest BCUT2D eigenvalue weighted by atomic mass is 10.0. The van der Waals surface area contributed by atoms with Crippen LogP contribution in [-0.4, -0.2) is 12.0 Å². The molecular formula is C17H18N2. The molecule has 3 rings (SSSR count). The number of anilines is 1. The third-order valence-corrected chi connectivity index (χ3v) is 3.63. The summed E-state index contributed by atoms with van der Waals surface area (Å²) in [5.74, 6) is 0. The van der Waals surface area contributed by atoms with Gasteiger partial charge in [0.05, 0.1) is 0 Å². The highest BCUT2D eigenvalue weighted by Gasteiger charge is 2.05. The molecule has 0 aliphatic rings. The fourth-order valence-corrected chi connectivity index (χ4v) is 2.59. The van der Waals surface area contributed by atoms with Crippen molar-refractivity contribution in [1.82, 2.24) is 4.98 Å². The summed E-state index contributed by atoms with van der Waals surface area (Å²) >= 11 is 0. The number of aryl methyl sites for hydroxylation is 2. The van der Waals surface area contributed by atoms with Crippen molar-refractivity contribution in [1.29, 1.82) is 0 Å². The number of hydrogen-bond donors (Lipinski definition) is 2. The van der Waals surface area contributed by atoms with Crippen LogP contribution >= 0.6 is 0 Å². The summed E-state index contributed by atoms with van der Waals surface area (Å²) in [6, 6.07) is 17.0. The zero-order valence-corrected chi connectivity index (χ0v) is 11.1. The summed E-state index contributed by atoms with van der Waals surface area (Å²) in [4.78, 5) is 3.34. The summed E-state index contributed by atoms with van der Waals surface area (Å²) in [6.07, 6.45) is 4.24. The molecule has 0 atom stereocenters. The van der Waals surface area contributed by atoms with E-state index in [9.17, 15) is 0 Å². The first kappa shape index (κ1) is 11.8. The lowest BCUT2D eigenvalue weighted by Gasteiger charge is -2.08. The van der Waals surface area contributed by atoms with E-state index in [4.69, 9.17) is 0 Å². The van der Waals surface area contributed by atoms with Crippen LogP contribution in [0.25, 0.3) is 10.9 Å². The van der Waals surface area contributed by atoms with E-state index >= 15 is 0 Å². The standard InChI is InChI=1S/C17H18N2/c1-18-16-8-4-2-6-13(16)10-11-14-12-19-17-9-5-3-7-15(14)17/h2-9,12,18-19H,10-11H2,1H3. The van der Waals surface area contributed by atoms with Crippen LogP contribution in [0.4, 0.5) is 5.69 Å². The minimum absolute atomic E-state index is 1.05. The maximum Gasteiger partial charge on any atom is 0.0456 e. The first-order chi connectivity index (χ1) is 9.38. The fraction of sp³-hybridized carbons (Fsp3) is 0.176. The van der Waals surface area contributed by atoms with Crippen molar-refractivity contribution in [3.63, 3.8) is 0 Å². The van der Waals surface area contributed by atoms with Crippen molar-refractivity contribution >= 4 is 16.6 Å². The number of nitrogens with one attached hydrogen (secondary N) is 2. The molecule has 0 bridgehead atoms. The van der Waals surface area contributed by atoms with Crippen molar-refractivity contribution in [2.24, 2.45) is 0 Å². The van der Waals surface area contributed by atoms with Gasteiger partial charge in [-0.15, -0.1) is 0 Å². The van der Waals surface area contributed by atoms with Gasteiger partial charge in [0.1, 0.15) is 0 Å². The molecule has 0 unspecified atom stereocenters. The van der Waals surface area contributed by atoms with Crippen LogP contribution in [-0.2, 0) is 12.8 Å². The maximum absolute atomic E-state index is 3.34. The topological polar surface area (TPSA) is 27.8 Å². The fourth-order valence-electron chi connectivity index (χ4n) is 2.59. The minimum atomic E-state index is 1.05. The summed E-state index contributed by atoms with van der Waals surface area (Å²) in [7, 11) is 1.98. The SMILES string of the molecule is CNc1ccccc1CCc1c[nH]c2ccccc12. The van der Waals surface area contributed by atoms with Gasteiger partial charge < -0.3 is 10.3 Å². The first-order valence-corrected chi connectivity index (χ1v) is 6.69. The van der Waals surface area contributed by atoms with Crippen LogP contribution in [0.5, 0.6) is 0 Å². The maximum atomic E-state index is 3.34. The average molecular weight is 250 g/mol. The number of hydrogen-bond acceptors (Lipinski definition) is 1. The largest absolute Gasteiger partial charge is 0.388 e. The Hall–Kier alpha value is -2.22. The normalized spacial score (nSPS) is 10.8. The minimum Gasteiger partial charge on any atom is -0.388 e. The van der Waals surface area contributed by atoms with E-state index in [2.05, 4.69) is 65.0 Å². The van der Waals surface area contributed by atoms with Gasteiger partial charge in [-0.05, 0) is 36.1 Å². The Kier molecular flexibility index (Phi) is 3.23. The molecule has 0 fully saturated rings. The Morgan fingerprint density at radius 2 is 1.63 bits per heavy atom. The zero-order valence-electron chi connectivity index (χ0n) is 11.1. The van der Waals surface area contributed by atoms with Gasteiger partial charge in [0, 0.05) is 29.8 Å². The van der Waals surface area contributed by atoms with Crippen molar-refractivity contribution in [3.8, 4) is 0 Å². The van der Waals surface area contributed by atoms with Crippen LogP contribution in [0.3, 0.4) is 0 Å². The zero-order chi connectivity index (χ0) is 13.1. The first-order valence-electron chi connectivity index (χ1n) is 6.69. The highest BCUT2D eigenvalue weighted by atomic mass is 14.8. The van der Waals surface area contributed by atoms with Crippen LogP contribution in [0.2, 0.25) is 0 Å². The van der Waals surface area contributed by atoms with E-state index in [0.717, 1.165) is 12.8 Å². The van der Waals surface area contributed by atoms with E-state index in [1.807, 2.05) is 7.05 Å². The van der Waals surface area contributed by atoms with Crippen LogP contribution in [0.15, 0.2) is 54.7 Å². The molecule has 0 aliphatic heterocycles. The Morgan fingerprint density at radius 3 is 2.53 bits per heavy atom. The van der Waals surface area contributed by atoms with Crippen LogP contribution < -0.4 is 5.32 Å². The number of para-hydroxylation sites is 2. The number of fused-ring (bicyclic) bond motifs is 1. The molecule has 0 radical (unpaired) electrons. The Morgan fingerprint density at radius 1 is 0.895 bits per heavy atom. The average Bonchev–Trinajstić information content (AvgIpc) is 2.89. The lowest BCUT2D eigenvalue weighted by molar-refractivity contribution is 0.969. The summed E-state index contributed by atoms with van der Waals surface area (Å²) < 4.78 is 0. The van der Waals surface area contributed by atoms with Crippen molar-refractivity contribution < 1.29 is 0 Å². The van der Waals surface area contributed by atoms with E-state index in [1.54, 1.807) is 0 Å². The summed E-state index contributed by atoms with van der Waals surface area (Å²) in [5.41, 5.74) is 5.21. The molecule has 3 aromatic rings. The predicted octanol–water partition coefficient (Wildman–Crippen LogP) is 3.99. The Labute approximate surface area is 113 Å². The highest BCUT2D eigenvalue weighted by Crippen LogP contribution is 2.21. The molecule has 96 valence electrons. The molecule has 1 heterocycles. The molecule has 2 nitrogen and oxygen atoms in total. The van der Waals surface area contributed by atoms with Crippen molar-refractivity contribution in [2.45, 2.75) is 12.8 Å². The quantitative estimate of drug-likeness (QED) is 0.719. The highest BCUT2D eigenvalue weighted by molar-refractivity contribution is 5.83. The molecule has 0 aliphatic carbocycles. The third-order valence-electron chi connectivity index (χ3n) is 3.63. The van der Waals surface area contributed by atoms with Gasteiger partial charge in [0.25, 0.3) is 0 Å². The van der Waals surface area contributed by atoms with Gasteiger partial charge in [0.15, 0.2) is 0 Å². The number of H-pyrrole nitrogens is 1. The Bertz CT molecular complexity index is 682. The second-order valence-electron chi connectivity index (χ2n) is 4.77. The van der Waals surface area contributed by atoms with Gasteiger partial charge in [-0.3, -0.25) is 0 Å². The van der Waals surface area contributed by atoms with Crippen molar-refractivity contribution in [3.05, 3.63) is 65.9 Å². The van der Waals surface area contributed by atoms with Crippen LogP contribution in [0.1, 0.15) is 11.1 Å². The smallest absolute Gasteiger partial charge is 0.0456 e. The van der Waals surface area contributed by atoms with E-state index < -0.39 is 0 Å². The van der Waals surface area contributed by atoms with Gasteiger partial charge in [-0.25, -0.2) is 0 Å². The summed E-state index contributed by atoms with van der Waals surface area (Å²) in [5, 5.41) is 4.59. The van der Waals surface area contributed by atoms with Gasteiger partial charge in [-0.2, -0.15) is 0 Å². The molecule has 0 saturated heterocycles.